The van der Waals surface area contributed by atoms with E-state index in [9.17, 15) is 10.1 Å². The Hall–Kier alpha value is -1.76. The molecule has 0 fully saturated rings. The van der Waals surface area contributed by atoms with Crippen LogP contribution in [-0.2, 0) is 0 Å². The molecule has 1 heterocycles. The molecule has 22 heavy (non-hydrogen) atoms. The standard InChI is InChI=1S/C15H13ClN2O3S/c1-8-3-4-13(21-2)9(5-8)15-10-6-12(18(19)20)11(16)7-14(10)22-17-15/h3-7,15,17H,1-2H3. The average molecular weight is 337 g/mol. The molecular weight excluding hydrogens is 324 g/mol. The summed E-state index contributed by atoms with van der Waals surface area (Å²) >= 11 is 7.39. The molecule has 0 aromatic heterocycles. The molecule has 1 N–H and O–H groups in total. The van der Waals surface area contributed by atoms with Gasteiger partial charge in [0.15, 0.2) is 0 Å². The van der Waals surface area contributed by atoms with Crippen LogP contribution in [0.3, 0.4) is 0 Å². The van der Waals surface area contributed by atoms with Crippen molar-refractivity contribution < 1.29 is 9.66 Å². The van der Waals surface area contributed by atoms with E-state index in [1.54, 1.807) is 13.2 Å². The van der Waals surface area contributed by atoms with E-state index in [1.165, 1.54) is 18.0 Å². The number of fused-ring (bicyclic) bond motifs is 1. The molecule has 0 saturated heterocycles. The summed E-state index contributed by atoms with van der Waals surface area (Å²) in [6.45, 7) is 2.00. The monoisotopic (exact) mass is 336 g/mol. The largest absolute Gasteiger partial charge is 0.496 e. The van der Waals surface area contributed by atoms with Gasteiger partial charge < -0.3 is 4.74 Å². The van der Waals surface area contributed by atoms with Crippen molar-refractivity contribution in [1.29, 1.82) is 0 Å². The summed E-state index contributed by atoms with van der Waals surface area (Å²) in [6.07, 6.45) is 0. The SMILES string of the molecule is COc1ccc(C)cc1C1NSc2cc(Cl)c([N+](=O)[O-])cc21. The second kappa shape index (κ2) is 5.79. The highest BCUT2D eigenvalue weighted by molar-refractivity contribution is 7.97. The van der Waals surface area contributed by atoms with Crippen molar-refractivity contribution >= 4 is 29.2 Å². The second-order valence-electron chi connectivity index (χ2n) is 5.00. The van der Waals surface area contributed by atoms with Gasteiger partial charge in [0.2, 0.25) is 0 Å². The van der Waals surface area contributed by atoms with Crippen LogP contribution in [0.5, 0.6) is 5.75 Å². The summed E-state index contributed by atoms with van der Waals surface area (Å²) in [6, 6.07) is 8.89. The predicted molar refractivity (Wildman–Crippen MR) is 86.7 cm³/mol. The summed E-state index contributed by atoms with van der Waals surface area (Å²) in [5.41, 5.74) is 2.80. The van der Waals surface area contributed by atoms with Crippen LogP contribution in [0.2, 0.25) is 5.02 Å². The third kappa shape index (κ3) is 2.54. The first-order valence-corrected chi connectivity index (χ1v) is 7.75. The zero-order chi connectivity index (χ0) is 15.9. The van der Waals surface area contributed by atoms with Gasteiger partial charge >= 0.3 is 0 Å². The van der Waals surface area contributed by atoms with Crippen LogP contribution in [0.1, 0.15) is 22.7 Å². The first kappa shape index (κ1) is 15.1. The van der Waals surface area contributed by atoms with Gasteiger partial charge in [-0.3, -0.25) is 10.1 Å². The van der Waals surface area contributed by atoms with E-state index >= 15 is 0 Å². The van der Waals surface area contributed by atoms with Crippen molar-refractivity contribution in [3.63, 3.8) is 0 Å². The number of rotatable bonds is 3. The van der Waals surface area contributed by atoms with Crippen molar-refractivity contribution in [2.24, 2.45) is 0 Å². The van der Waals surface area contributed by atoms with Crippen molar-refractivity contribution in [3.8, 4) is 5.75 Å². The molecule has 0 amide bonds. The van der Waals surface area contributed by atoms with E-state index in [1.807, 2.05) is 25.1 Å². The van der Waals surface area contributed by atoms with Gasteiger partial charge in [-0.25, -0.2) is 4.72 Å². The molecule has 0 bridgehead atoms. The Morgan fingerprint density at radius 3 is 2.77 bits per heavy atom. The number of hydrogen-bond acceptors (Lipinski definition) is 5. The van der Waals surface area contributed by atoms with Gasteiger partial charge in [-0.2, -0.15) is 0 Å². The summed E-state index contributed by atoms with van der Waals surface area (Å²) in [4.78, 5) is 11.5. The lowest BCUT2D eigenvalue weighted by molar-refractivity contribution is -0.384. The predicted octanol–water partition coefficient (Wildman–Crippen LogP) is 4.26. The number of nitro groups is 1. The van der Waals surface area contributed by atoms with Crippen molar-refractivity contribution in [2.45, 2.75) is 17.9 Å². The molecule has 1 aliphatic rings. The lowest BCUT2D eigenvalue weighted by Crippen LogP contribution is -2.11. The van der Waals surface area contributed by atoms with Crippen molar-refractivity contribution in [1.82, 2.24) is 4.72 Å². The highest BCUT2D eigenvalue weighted by atomic mass is 35.5. The van der Waals surface area contributed by atoms with Gasteiger partial charge in [0.1, 0.15) is 10.8 Å². The van der Waals surface area contributed by atoms with Gasteiger partial charge in [-0.15, -0.1) is 0 Å². The maximum atomic E-state index is 11.1. The summed E-state index contributed by atoms with van der Waals surface area (Å²) in [5, 5.41) is 11.3. The number of hydrogen-bond donors (Lipinski definition) is 1. The maximum Gasteiger partial charge on any atom is 0.288 e. The molecular formula is C15H13ClN2O3S. The maximum absolute atomic E-state index is 11.1. The fraction of sp³-hybridized carbons (Fsp3) is 0.200. The number of nitrogens with zero attached hydrogens (tertiary/aromatic N) is 1. The quantitative estimate of drug-likeness (QED) is 0.515. The zero-order valence-electron chi connectivity index (χ0n) is 11.9. The van der Waals surface area contributed by atoms with E-state index in [-0.39, 0.29) is 16.8 Å². The Morgan fingerprint density at radius 2 is 2.09 bits per heavy atom. The zero-order valence-corrected chi connectivity index (χ0v) is 13.5. The van der Waals surface area contributed by atoms with Gasteiger partial charge in [0.25, 0.3) is 5.69 Å². The number of nitrogens with one attached hydrogen (secondary N) is 1. The fourth-order valence-corrected chi connectivity index (χ4v) is 3.78. The number of nitro benzene ring substituents is 1. The minimum atomic E-state index is -0.462. The fourth-order valence-electron chi connectivity index (χ4n) is 2.51. The van der Waals surface area contributed by atoms with Gasteiger partial charge in [-0.05, 0) is 36.6 Å². The lowest BCUT2D eigenvalue weighted by Gasteiger charge is -2.16. The first-order chi connectivity index (χ1) is 10.5. The van der Waals surface area contributed by atoms with Crippen molar-refractivity contribution in [2.75, 3.05) is 7.11 Å². The molecule has 2 aromatic rings. The molecule has 0 aliphatic carbocycles. The summed E-state index contributed by atoms with van der Waals surface area (Å²) < 4.78 is 8.71. The first-order valence-electron chi connectivity index (χ1n) is 6.56. The minimum Gasteiger partial charge on any atom is -0.496 e. The van der Waals surface area contributed by atoms with Crippen molar-refractivity contribution in [3.05, 3.63) is 62.2 Å². The number of benzene rings is 2. The normalized spacial score (nSPS) is 16.4. The summed E-state index contributed by atoms with van der Waals surface area (Å²) in [7, 11) is 1.61. The molecule has 1 aliphatic heterocycles. The van der Waals surface area contributed by atoms with Crippen LogP contribution in [0, 0.1) is 17.0 Å². The van der Waals surface area contributed by atoms with Crippen LogP contribution in [0.25, 0.3) is 0 Å². The highest BCUT2D eigenvalue weighted by Gasteiger charge is 2.30. The lowest BCUT2D eigenvalue weighted by atomic mass is 9.97. The molecule has 0 saturated carbocycles. The van der Waals surface area contributed by atoms with E-state index in [2.05, 4.69) is 4.72 Å². The second-order valence-corrected chi connectivity index (χ2v) is 6.28. The van der Waals surface area contributed by atoms with Gasteiger partial charge in [-0.1, -0.05) is 29.3 Å². The van der Waals surface area contributed by atoms with Crippen LogP contribution < -0.4 is 9.46 Å². The number of methoxy groups -OCH3 is 1. The number of halogens is 1. The molecule has 5 nitrogen and oxygen atoms in total. The Bertz CT molecular complexity index is 767. The molecule has 3 rings (SSSR count). The van der Waals surface area contributed by atoms with Crippen LogP contribution in [0.4, 0.5) is 5.69 Å². The molecule has 1 unspecified atom stereocenters. The Morgan fingerprint density at radius 1 is 1.32 bits per heavy atom. The molecule has 2 aromatic carbocycles. The Balaban J connectivity index is 2.13. The van der Waals surface area contributed by atoms with Gasteiger partial charge in [0, 0.05) is 16.5 Å². The average Bonchev–Trinajstić information content (AvgIpc) is 2.88. The molecule has 114 valence electrons. The molecule has 1 atom stereocenters. The Labute approximate surface area is 136 Å². The third-order valence-corrected chi connectivity index (χ3v) is 4.80. The van der Waals surface area contributed by atoms with Crippen LogP contribution >= 0.6 is 23.5 Å². The van der Waals surface area contributed by atoms with E-state index in [4.69, 9.17) is 16.3 Å². The van der Waals surface area contributed by atoms with Crippen LogP contribution in [0.15, 0.2) is 35.2 Å². The molecule has 7 heteroatoms. The van der Waals surface area contributed by atoms with Crippen LogP contribution in [-0.4, -0.2) is 12.0 Å². The topological polar surface area (TPSA) is 64.4 Å². The van der Waals surface area contributed by atoms with E-state index in [0.29, 0.717) is 0 Å². The number of aryl methyl sites for hydroxylation is 1. The Kier molecular flexibility index (Phi) is 3.99. The summed E-state index contributed by atoms with van der Waals surface area (Å²) in [5.74, 6) is 0.745. The smallest absolute Gasteiger partial charge is 0.288 e. The van der Waals surface area contributed by atoms with Gasteiger partial charge in [0.05, 0.1) is 18.1 Å². The molecule has 0 radical (unpaired) electrons. The van der Waals surface area contributed by atoms with E-state index in [0.717, 1.165) is 27.3 Å². The highest BCUT2D eigenvalue weighted by Crippen LogP contribution is 2.45. The third-order valence-electron chi connectivity index (χ3n) is 3.57. The number of ether oxygens (including phenoxy) is 1. The van der Waals surface area contributed by atoms with E-state index < -0.39 is 4.92 Å². The molecule has 0 spiro atoms. The minimum absolute atomic E-state index is 0.0821.